The lowest BCUT2D eigenvalue weighted by molar-refractivity contribution is -0.133. The highest BCUT2D eigenvalue weighted by molar-refractivity contribution is 8.01. The molecule has 0 aliphatic heterocycles. The van der Waals surface area contributed by atoms with Gasteiger partial charge in [0.15, 0.2) is 5.13 Å². The fourth-order valence-electron chi connectivity index (χ4n) is 2.87. The fraction of sp³-hybridized carbons (Fsp3) is 0.588. The van der Waals surface area contributed by atoms with E-state index in [1.165, 1.54) is 23.1 Å². The number of rotatable bonds is 7. The SMILES string of the molecule is C#CCCN(C(=O)Nc1ncc(SCC(=O)O)s1)[C@H]1CC[C@H](C)CC1. The van der Waals surface area contributed by atoms with Crippen molar-refractivity contribution in [3.05, 3.63) is 6.20 Å². The molecule has 0 aromatic carbocycles. The van der Waals surface area contributed by atoms with Gasteiger partial charge in [-0.25, -0.2) is 9.78 Å². The molecule has 136 valence electrons. The average Bonchev–Trinajstić information content (AvgIpc) is 3.02. The minimum absolute atomic E-state index is 0.0237. The highest BCUT2D eigenvalue weighted by Gasteiger charge is 2.27. The van der Waals surface area contributed by atoms with Crippen LogP contribution in [0.15, 0.2) is 10.4 Å². The van der Waals surface area contributed by atoms with E-state index in [1.54, 1.807) is 6.20 Å². The number of carboxylic acids is 1. The minimum Gasteiger partial charge on any atom is -0.481 e. The van der Waals surface area contributed by atoms with E-state index in [0.717, 1.165) is 29.9 Å². The number of nitrogens with one attached hydrogen (secondary N) is 1. The Labute approximate surface area is 156 Å². The van der Waals surface area contributed by atoms with Gasteiger partial charge in [-0.3, -0.25) is 10.1 Å². The largest absolute Gasteiger partial charge is 0.481 e. The van der Waals surface area contributed by atoms with Crippen molar-refractivity contribution in [1.82, 2.24) is 9.88 Å². The van der Waals surface area contributed by atoms with Crippen LogP contribution in [0.5, 0.6) is 0 Å². The summed E-state index contributed by atoms with van der Waals surface area (Å²) in [6, 6.07) is 0.0318. The summed E-state index contributed by atoms with van der Waals surface area (Å²) in [6.45, 7) is 2.78. The standard InChI is InChI=1S/C17H23N3O3S2/c1-3-4-9-20(13-7-5-12(2)6-8-13)17(23)19-16-18-10-15(25-16)24-11-14(21)22/h1,10,12-13H,4-9,11H2,2H3,(H,21,22)(H,18,19,23)/t12-,13-. The summed E-state index contributed by atoms with van der Waals surface area (Å²) < 4.78 is 0.763. The summed E-state index contributed by atoms with van der Waals surface area (Å²) in [5.74, 6) is 2.41. The maximum absolute atomic E-state index is 12.7. The Morgan fingerprint density at radius 2 is 2.20 bits per heavy atom. The van der Waals surface area contributed by atoms with Crippen molar-refractivity contribution in [1.29, 1.82) is 0 Å². The molecule has 25 heavy (non-hydrogen) atoms. The van der Waals surface area contributed by atoms with E-state index in [2.05, 4.69) is 23.1 Å². The molecule has 8 heteroatoms. The number of urea groups is 1. The van der Waals surface area contributed by atoms with Gasteiger partial charge in [-0.1, -0.05) is 18.3 Å². The molecule has 0 bridgehead atoms. The molecule has 2 rings (SSSR count). The summed E-state index contributed by atoms with van der Waals surface area (Å²) in [7, 11) is 0. The van der Waals surface area contributed by atoms with Gasteiger partial charge in [-0.15, -0.1) is 24.1 Å². The molecule has 1 aromatic heterocycles. The van der Waals surface area contributed by atoms with Crippen LogP contribution in [-0.2, 0) is 4.79 Å². The molecule has 0 spiro atoms. The van der Waals surface area contributed by atoms with Gasteiger partial charge in [-0.05, 0) is 31.6 Å². The highest BCUT2D eigenvalue weighted by Crippen LogP contribution is 2.30. The Bertz CT molecular complexity index is 633. The Balaban J connectivity index is 1.96. The summed E-state index contributed by atoms with van der Waals surface area (Å²) >= 11 is 2.47. The third-order valence-electron chi connectivity index (χ3n) is 4.22. The van der Waals surface area contributed by atoms with E-state index in [9.17, 15) is 9.59 Å². The molecule has 1 fully saturated rings. The van der Waals surface area contributed by atoms with Crippen LogP contribution >= 0.6 is 23.1 Å². The number of carbonyl (C=O) groups excluding carboxylic acids is 1. The molecule has 1 aliphatic carbocycles. The minimum atomic E-state index is -0.879. The molecule has 1 heterocycles. The predicted molar refractivity (Wildman–Crippen MR) is 101 cm³/mol. The number of nitrogens with zero attached hydrogens (tertiary/aromatic N) is 2. The Morgan fingerprint density at radius 3 is 2.84 bits per heavy atom. The van der Waals surface area contributed by atoms with Crippen molar-refractivity contribution < 1.29 is 14.7 Å². The molecule has 0 radical (unpaired) electrons. The molecular formula is C17H23N3O3S2. The van der Waals surface area contributed by atoms with Gasteiger partial charge in [0.1, 0.15) is 0 Å². The molecule has 1 aliphatic rings. The molecule has 1 aromatic rings. The highest BCUT2D eigenvalue weighted by atomic mass is 32.2. The number of hydrogen-bond acceptors (Lipinski definition) is 5. The van der Waals surface area contributed by atoms with Gasteiger partial charge in [0.05, 0.1) is 16.2 Å². The van der Waals surface area contributed by atoms with E-state index in [0.29, 0.717) is 24.0 Å². The number of aromatic nitrogens is 1. The molecule has 2 amide bonds. The first-order valence-electron chi connectivity index (χ1n) is 8.31. The number of carboxylic acid groups (broad SMARTS) is 1. The van der Waals surface area contributed by atoms with Crippen molar-refractivity contribution in [2.24, 2.45) is 5.92 Å². The van der Waals surface area contributed by atoms with E-state index in [-0.39, 0.29) is 17.8 Å². The number of anilines is 1. The lowest BCUT2D eigenvalue weighted by Crippen LogP contribution is -2.45. The smallest absolute Gasteiger partial charge is 0.323 e. The second-order valence-electron chi connectivity index (χ2n) is 6.16. The first-order valence-corrected chi connectivity index (χ1v) is 10.1. The molecule has 6 nitrogen and oxygen atoms in total. The van der Waals surface area contributed by atoms with Gasteiger partial charge in [0.25, 0.3) is 0 Å². The average molecular weight is 382 g/mol. The molecule has 2 N–H and O–H groups in total. The predicted octanol–water partition coefficient (Wildman–Crippen LogP) is 3.76. The normalized spacial score (nSPS) is 19.8. The third-order valence-corrected chi connectivity index (χ3v) is 6.31. The van der Waals surface area contributed by atoms with Crippen molar-refractivity contribution in [3.8, 4) is 12.3 Å². The van der Waals surface area contributed by atoms with Crippen molar-refractivity contribution in [2.75, 3.05) is 17.6 Å². The van der Waals surface area contributed by atoms with E-state index in [4.69, 9.17) is 11.5 Å². The van der Waals surface area contributed by atoms with Crippen LogP contribution in [0.25, 0.3) is 0 Å². The monoisotopic (exact) mass is 381 g/mol. The number of amides is 2. The van der Waals surface area contributed by atoms with Crippen LogP contribution < -0.4 is 5.32 Å². The number of thioether (sulfide) groups is 1. The number of terminal acetylenes is 1. The summed E-state index contributed by atoms with van der Waals surface area (Å²) in [5.41, 5.74) is 0. The Morgan fingerprint density at radius 1 is 1.48 bits per heavy atom. The van der Waals surface area contributed by atoms with Crippen molar-refractivity contribution >= 4 is 40.2 Å². The number of carbonyl (C=O) groups is 2. The molecule has 0 saturated heterocycles. The number of thiazole rings is 1. The van der Waals surface area contributed by atoms with E-state index in [1.807, 2.05) is 4.90 Å². The first kappa shape index (κ1) is 19.6. The Kier molecular flexibility index (Phi) is 7.59. The van der Waals surface area contributed by atoms with Crippen molar-refractivity contribution in [2.45, 2.75) is 49.3 Å². The molecule has 0 unspecified atom stereocenters. The van der Waals surface area contributed by atoms with Crippen LogP contribution in [0.2, 0.25) is 0 Å². The lowest BCUT2D eigenvalue weighted by Gasteiger charge is -2.35. The molecule has 0 atom stereocenters. The van der Waals surface area contributed by atoms with Crippen LogP contribution in [0.4, 0.5) is 9.93 Å². The van der Waals surface area contributed by atoms with Crippen molar-refractivity contribution in [3.63, 3.8) is 0 Å². The zero-order chi connectivity index (χ0) is 18.2. The van der Waals surface area contributed by atoms with Crippen LogP contribution in [0, 0.1) is 18.3 Å². The number of hydrogen-bond donors (Lipinski definition) is 2. The fourth-order valence-corrected chi connectivity index (χ4v) is 4.45. The quantitative estimate of drug-likeness (QED) is 0.555. The topological polar surface area (TPSA) is 82.5 Å². The number of aliphatic carboxylic acids is 1. The van der Waals surface area contributed by atoms with Crippen LogP contribution in [0.1, 0.15) is 39.0 Å². The van der Waals surface area contributed by atoms with Gasteiger partial charge >= 0.3 is 12.0 Å². The molecular weight excluding hydrogens is 358 g/mol. The summed E-state index contributed by atoms with van der Waals surface area (Å²) in [4.78, 5) is 29.3. The molecule has 1 saturated carbocycles. The zero-order valence-corrected chi connectivity index (χ0v) is 15.9. The van der Waals surface area contributed by atoms with Crippen LogP contribution in [-0.4, -0.2) is 45.3 Å². The van der Waals surface area contributed by atoms with Gasteiger partial charge < -0.3 is 10.0 Å². The van der Waals surface area contributed by atoms with E-state index < -0.39 is 5.97 Å². The second kappa shape index (κ2) is 9.68. The third kappa shape index (κ3) is 6.25. The van der Waals surface area contributed by atoms with Gasteiger partial charge in [0, 0.05) is 19.0 Å². The summed E-state index contributed by atoms with van der Waals surface area (Å²) in [6.07, 6.45) is 11.7. The maximum Gasteiger partial charge on any atom is 0.323 e. The maximum atomic E-state index is 12.7. The van der Waals surface area contributed by atoms with Crippen LogP contribution in [0.3, 0.4) is 0 Å². The van der Waals surface area contributed by atoms with E-state index >= 15 is 0 Å². The van der Waals surface area contributed by atoms with Gasteiger partial charge in [-0.2, -0.15) is 0 Å². The lowest BCUT2D eigenvalue weighted by atomic mass is 9.86. The first-order chi connectivity index (χ1) is 12.0. The zero-order valence-electron chi connectivity index (χ0n) is 14.2. The Hall–Kier alpha value is -1.72. The second-order valence-corrected chi connectivity index (χ2v) is 8.46. The summed E-state index contributed by atoms with van der Waals surface area (Å²) in [5, 5.41) is 12.0. The van der Waals surface area contributed by atoms with Gasteiger partial charge in [0.2, 0.25) is 0 Å².